The van der Waals surface area contributed by atoms with Crippen LogP contribution < -0.4 is 9.13 Å². The minimum atomic E-state index is -0.0290. The predicted octanol–water partition coefficient (Wildman–Crippen LogP) is 5.23. The summed E-state index contributed by atoms with van der Waals surface area (Å²) in [6.45, 7) is 11.3. The molecule has 0 saturated carbocycles. The van der Waals surface area contributed by atoms with Crippen LogP contribution >= 0.6 is 0 Å². The minimum absolute atomic E-state index is 0.0290. The Labute approximate surface area is 175 Å². The van der Waals surface area contributed by atoms with E-state index in [2.05, 4.69) is 85.9 Å². The largest absolute Gasteiger partial charge is 0.255 e. The first-order valence-corrected chi connectivity index (χ1v) is 11.1. The molecule has 150 valence electrons. The maximum absolute atomic E-state index is 4.92. The maximum Gasteiger partial charge on any atom is 0.173 e. The fraction of sp³-hybridized carbons (Fsp3) is 0.423. The topological polar surface area (TPSA) is 20.6 Å². The van der Waals surface area contributed by atoms with Crippen LogP contribution in [0.3, 0.4) is 0 Å². The SMILES string of the molecule is CCCC[n+]1ccc(-c2cnc3c(c2)C(C)(C)c2c[n+](CCCC)ccc2-3)cc1. The summed E-state index contributed by atoms with van der Waals surface area (Å²) in [7, 11) is 0. The molecule has 3 aromatic rings. The normalized spacial score (nSPS) is 13.9. The highest BCUT2D eigenvalue weighted by Gasteiger charge is 2.39. The standard InChI is InChI=1S/C26H33N3/c1-5-7-12-28-14-9-20(10-15-28)21-17-23-25(27-18-21)22-11-16-29(13-8-6-2)19-24(22)26(23,3)4/h9-11,14-19H,5-8,12-13H2,1-4H3/q+2. The number of unbranched alkanes of at least 4 members (excludes halogenated alkanes) is 2. The summed E-state index contributed by atoms with van der Waals surface area (Å²) in [5.41, 5.74) is 7.56. The lowest BCUT2D eigenvalue weighted by Crippen LogP contribution is -2.34. The van der Waals surface area contributed by atoms with Crippen LogP contribution in [0.25, 0.3) is 22.4 Å². The molecule has 3 heteroatoms. The van der Waals surface area contributed by atoms with Crippen molar-refractivity contribution in [3.63, 3.8) is 0 Å². The van der Waals surface area contributed by atoms with Gasteiger partial charge in [0.15, 0.2) is 24.8 Å². The van der Waals surface area contributed by atoms with E-state index in [1.807, 2.05) is 6.20 Å². The third-order valence-electron chi connectivity index (χ3n) is 6.27. The van der Waals surface area contributed by atoms with E-state index in [0.29, 0.717) is 0 Å². The lowest BCUT2D eigenvalue weighted by molar-refractivity contribution is -0.697. The zero-order chi connectivity index (χ0) is 20.4. The zero-order valence-corrected chi connectivity index (χ0v) is 18.3. The fourth-order valence-electron chi connectivity index (χ4n) is 4.32. The second kappa shape index (κ2) is 8.06. The van der Waals surface area contributed by atoms with E-state index in [9.17, 15) is 0 Å². The van der Waals surface area contributed by atoms with Crippen LogP contribution in [0, 0.1) is 0 Å². The number of pyridine rings is 3. The van der Waals surface area contributed by atoms with Crippen LogP contribution in [0.1, 0.15) is 64.5 Å². The quantitative estimate of drug-likeness (QED) is 0.509. The molecule has 4 rings (SSSR count). The van der Waals surface area contributed by atoms with Gasteiger partial charge < -0.3 is 0 Å². The van der Waals surface area contributed by atoms with Crippen LogP contribution in [0.2, 0.25) is 0 Å². The number of hydrogen-bond acceptors (Lipinski definition) is 1. The Morgan fingerprint density at radius 3 is 2.17 bits per heavy atom. The van der Waals surface area contributed by atoms with Gasteiger partial charge in [-0.05, 0) is 17.2 Å². The van der Waals surface area contributed by atoms with Gasteiger partial charge in [0.05, 0.1) is 5.69 Å². The molecule has 0 amide bonds. The maximum atomic E-state index is 4.92. The van der Waals surface area contributed by atoms with Gasteiger partial charge in [0.25, 0.3) is 0 Å². The second-order valence-corrected chi connectivity index (χ2v) is 8.79. The van der Waals surface area contributed by atoms with Crippen molar-refractivity contribution in [2.24, 2.45) is 0 Å². The molecular formula is C26H33N3+2. The van der Waals surface area contributed by atoms with Crippen molar-refractivity contribution >= 4 is 0 Å². The molecule has 29 heavy (non-hydrogen) atoms. The first-order valence-electron chi connectivity index (χ1n) is 11.1. The molecule has 0 N–H and O–H groups in total. The van der Waals surface area contributed by atoms with Crippen LogP contribution in [-0.2, 0) is 18.5 Å². The summed E-state index contributed by atoms with van der Waals surface area (Å²) in [6, 6.07) is 9.04. The van der Waals surface area contributed by atoms with E-state index in [4.69, 9.17) is 4.98 Å². The summed E-state index contributed by atoms with van der Waals surface area (Å²) in [5, 5.41) is 0. The van der Waals surface area contributed by atoms with E-state index in [0.717, 1.165) is 18.8 Å². The summed E-state index contributed by atoms with van der Waals surface area (Å²) in [6.07, 6.45) is 15.8. The van der Waals surface area contributed by atoms with Gasteiger partial charge >= 0.3 is 0 Å². The molecule has 0 radical (unpaired) electrons. The number of fused-ring (bicyclic) bond motifs is 3. The summed E-state index contributed by atoms with van der Waals surface area (Å²) in [5.74, 6) is 0. The molecule has 1 aliphatic carbocycles. The van der Waals surface area contributed by atoms with Gasteiger partial charge in [-0.1, -0.05) is 40.5 Å². The Morgan fingerprint density at radius 2 is 1.48 bits per heavy atom. The Bertz CT molecular complexity index is 1000. The molecule has 0 unspecified atom stereocenters. The molecule has 3 heterocycles. The van der Waals surface area contributed by atoms with Gasteiger partial charge in [-0.2, -0.15) is 0 Å². The summed E-state index contributed by atoms with van der Waals surface area (Å²) >= 11 is 0. The second-order valence-electron chi connectivity index (χ2n) is 8.79. The van der Waals surface area contributed by atoms with Crippen molar-refractivity contribution in [1.82, 2.24) is 4.98 Å². The average Bonchev–Trinajstić information content (AvgIpc) is 2.97. The van der Waals surface area contributed by atoms with Crippen LogP contribution in [-0.4, -0.2) is 4.98 Å². The molecule has 0 saturated heterocycles. The average molecular weight is 388 g/mol. The molecular weight excluding hydrogens is 354 g/mol. The first-order chi connectivity index (χ1) is 14.0. The van der Waals surface area contributed by atoms with Crippen molar-refractivity contribution in [1.29, 1.82) is 0 Å². The predicted molar refractivity (Wildman–Crippen MR) is 117 cm³/mol. The molecule has 3 nitrogen and oxygen atoms in total. The molecule has 0 bridgehead atoms. The number of nitrogens with zero attached hydrogens (tertiary/aromatic N) is 3. The minimum Gasteiger partial charge on any atom is -0.255 e. The summed E-state index contributed by atoms with van der Waals surface area (Å²) in [4.78, 5) is 4.92. The van der Waals surface area contributed by atoms with E-state index >= 15 is 0 Å². The monoisotopic (exact) mass is 387 g/mol. The number of rotatable bonds is 7. The van der Waals surface area contributed by atoms with E-state index < -0.39 is 0 Å². The van der Waals surface area contributed by atoms with E-state index in [1.54, 1.807) is 0 Å². The van der Waals surface area contributed by atoms with Crippen molar-refractivity contribution in [3.05, 3.63) is 66.4 Å². The zero-order valence-electron chi connectivity index (χ0n) is 18.3. The van der Waals surface area contributed by atoms with Crippen molar-refractivity contribution < 1.29 is 9.13 Å². The number of hydrogen-bond donors (Lipinski definition) is 0. The Balaban J connectivity index is 1.67. The third-order valence-corrected chi connectivity index (χ3v) is 6.27. The summed E-state index contributed by atoms with van der Waals surface area (Å²) < 4.78 is 4.60. The molecule has 0 aliphatic heterocycles. The highest BCUT2D eigenvalue weighted by Crippen LogP contribution is 2.47. The first kappa shape index (κ1) is 19.8. The molecule has 0 aromatic carbocycles. The fourth-order valence-corrected chi connectivity index (χ4v) is 4.32. The Morgan fingerprint density at radius 1 is 0.828 bits per heavy atom. The highest BCUT2D eigenvalue weighted by molar-refractivity contribution is 5.79. The molecule has 0 fully saturated rings. The lowest BCUT2D eigenvalue weighted by Gasteiger charge is -2.20. The molecule has 3 aromatic heterocycles. The molecule has 0 atom stereocenters. The van der Waals surface area contributed by atoms with Crippen LogP contribution in [0.15, 0.2) is 55.2 Å². The highest BCUT2D eigenvalue weighted by atomic mass is 14.9. The van der Waals surface area contributed by atoms with Crippen molar-refractivity contribution in [3.8, 4) is 22.4 Å². The Kier molecular flexibility index (Phi) is 5.49. The third kappa shape index (κ3) is 3.71. The lowest BCUT2D eigenvalue weighted by atomic mass is 9.83. The van der Waals surface area contributed by atoms with E-state index in [1.165, 1.54) is 53.5 Å². The van der Waals surface area contributed by atoms with Gasteiger partial charge in [0.1, 0.15) is 13.1 Å². The van der Waals surface area contributed by atoms with Gasteiger partial charge in [0, 0.05) is 59.3 Å². The van der Waals surface area contributed by atoms with Gasteiger partial charge in [-0.3, -0.25) is 4.98 Å². The van der Waals surface area contributed by atoms with Crippen molar-refractivity contribution in [2.45, 2.75) is 71.9 Å². The van der Waals surface area contributed by atoms with Gasteiger partial charge in [-0.25, -0.2) is 9.13 Å². The van der Waals surface area contributed by atoms with Crippen LogP contribution in [0.5, 0.6) is 0 Å². The van der Waals surface area contributed by atoms with Gasteiger partial charge in [0.2, 0.25) is 0 Å². The van der Waals surface area contributed by atoms with Crippen molar-refractivity contribution in [2.75, 3.05) is 0 Å². The van der Waals surface area contributed by atoms with Gasteiger partial charge in [-0.15, -0.1) is 0 Å². The Hall–Kier alpha value is -2.55. The smallest absolute Gasteiger partial charge is 0.173 e. The molecule has 0 spiro atoms. The van der Waals surface area contributed by atoms with Crippen LogP contribution in [0.4, 0.5) is 0 Å². The van der Waals surface area contributed by atoms with E-state index in [-0.39, 0.29) is 5.41 Å². The number of aromatic nitrogens is 3. The molecule has 1 aliphatic rings. The number of aryl methyl sites for hydroxylation is 2.